The predicted octanol–water partition coefficient (Wildman–Crippen LogP) is 3.83. The van der Waals surface area contributed by atoms with Crippen LogP contribution in [-0.4, -0.2) is 20.9 Å². The topological polar surface area (TPSA) is 55.1 Å². The Labute approximate surface area is 124 Å². The standard InChI is InChI=1S/C17H20N2O2/c1-19-16(11-15(18-19)17(20)21)14-9-5-8-13(10-14)12-6-3-2-4-7-12/h5,8-12H,2-4,6-7H2,1H3,(H,20,21). The van der Waals surface area contributed by atoms with E-state index in [9.17, 15) is 4.79 Å². The molecule has 1 N–H and O–H groups in total. The van der Waals surface area contributed by atoms with Crippen LogP contribution in [0.15, 0.2) is 30.3 Å². The quantitative estimate of drug-likeness (QED) is 0.931. The fourth-order valence-corrected chi connectivity index (χ4v) is 3.23. The van der Waals surface area contributed by atoms with Crippen molar-refractivity contribution in [1.29, 1.82) is 0 Å². The van der Waals surface area contributed by atoms with E-state index in [4.69, 9.17) is 5.11 Å². The van der Waals surface area contributed by atoms with Gasteiger partial charge in [0.1, 0.15) is 0 Å². The van der Waals surface area contributed by atoms with Crippen LogP contribution in [0.1, 0.15) is 54.1 Å². The second-order valence-electron chi connectivity index (χ2n) is 5.80. The van der Waals surface area contributed by atoms with E-state index in [1.807, 2.05) is 6.07 Å². The number of rotatable bonds is 3. The molecule has 2 aromatic rings. The average molecular weight is 284 g/mol. The summed E-state index contributed by atoms with van der Waals surface area (Å²) in [5.74, 6) is -0.342. The van der Waals surface area contributed by atoms with Crippen LogP contribution in [0.5, 0.6) is 0 Å². The first kappa shape index (κ1) is 13.9. The van der Waals surface area contributed by atoms with Gasteiger partial charge in [0.25, 0.3) is 0 Å². The highest BCUT2D eigenvalue weighted by Crippen LogP contribution is 2.34. The first-order valence-corrected chi connectivity index (χ1v) is 7.53. The third-order valence-electron chi connectivity index (χ3n) is 4.36. The molecule has 4 heteroatoms. The van der Waals surface area contributed by atoms with E-state index in [-0.39, 0.29) is 5.69 Å². The lowest BCUT2D eigenvalue weighted by atomic mass is 9.83. The van der Waals surface area contributed by atoms with E-state index in [0.717, 1.165) is 11.3 Å². The van der Waals surface area contributed by atoms with Crippen molar-refractivity contribution >= 4 is 5.97 Å². The summed E-state index contributed by atoms with van der Waals surface area (Å²) in [6.07, 6.45) is 6.48. The second-order valence-corrected chi connectivity index (χ2v) is 5.80. The van der Waals surface area contributed by atoms with Gasteiger partial charge in [-0.15, -0.1) is 0 Å². The van der Waals surface area contributed by atoms with E-state index in [2.05, 4.69) is 23.3 Å². The maximum Gasteiger partial charge on any atom is 0.356 e. The number of carboxylic acid groups (broad SMARTS) is 1. The highest BCUT2D eigenvalue weighted by atomic mass is 16.4. The molecule has 1 saturated carbocycles. The molecule has 21 heavy (non-hydrogen) atoms. The minimum absolute atomic E-state index is 0.0931. The number of hydrogen-bond donors (Lipinski definition) is 1. The number of hydrogen-bond acceptors (Lipinski definition) is 2. The molecule has 4 nitrogen and oxygen atoms in total. The van der Waals surface area contributed by atoms with E-state index >= 15 is 0 Å². The Morgan fingerprint density at radius 1 is 1.24 bits per heavy atom. The molecular formula is C17H20N2O2. The molecule has 1 aliphatic carbocycles. The Morgan fingerprint density at radius 2 is 2.00 bits per heavy atom. The monoisotopic (exact) mass is 284 g/mol. The lowest BCUT2D eigenvalue weighted by Gasteiger charge is -2.22. The molecule has 0 amide bonds. The summed E-state index contributed by atoms with van der Waals surface area (Å²) >= 11 is 0. The van der Waals surface area contributed by atoms with Crippen molar-refractivity contribution in [1.82, 2.24) is 9.78 Å². The molecule has 1 aromatic carbocycles. The number of benzene rings is 1. The SMILES string of the molecule is Cn1nc(C(=O)O)cc1-c1cccc(C2CCCCC2)c1. The van der Waals surface area contributed by atoms with Crippen molar-refractivity contribution in [3.63, 3.8) is 0 Å². The minimum atomic E-state index is -0.986. The highest BCUT2D eigenvalue weighted by molar-refractivity contribution is 5.87. The fourth-order valence-electron chi connectivity index (χ4n) is 3.23. The molecule has 3 rings (SSSR count). The zero-order valence-electron chi connectivity index (χ0n) is 12.2. The van der Waals surface area contributed by atoms with Gasteiger partial charge in [0.2, 0.25) is 0 Å². The first-order valence-electron chi connectivity index (χ1n) is 7.53. The molecule has 0 spiro atoms. The number of carboxylic acids is 1. The zero-order chi connectivity index (χ0) is 14.8. The molecule has 0 radical (unpaired) electrons. The van der Waals surface area contributed by atoms with Crippen molar-refractivity contribution < 1.29 is 9.90 Å². The van der Waals surface area contributed by atoms with Crippen molar-refractivity contribution in [2.45, 2.75) is 38.0 Å². The molecule has 1 fully saturated rings. The molecular weight excluding hydrogens is 264 g/mol. The Morgan fingerprint density at radius 3 is 2.67 bits per heavy atom. The molecule has 0 atom stereocenters. The number of carbonyl (C=O) groups is 1. The summed E-state index contributed by atoms with van der Waals surface area (Å²) in [6.45, 7) is 0. The molecule has 1 aromatic heterocycles. The van der Waals surface area contributed by atoms with Crippen LogP contribution in [-0.2, 0) is 7.05 Å². The number of aryl methyl sites for hydroxylation is 1. The van der Waals surface area contributed by atoms with Crippen LogP contribution >= 0.6 is 0 Å². The summed E-state index contributed by atoms with van der Waals surface area (Å²) in [5.41, 5.74) is 3.35. The minimum Gasteiger partial charge on any atom is -0.476 e. The summed E-state index contributed by atoms with van der Waals surface area (Å²) in [4.78, 5) is 11.0. The Hall–Kier alpha value is -2.10. The summed E-state index contributed by atoms with van der Waals surface area (Å²) in [5, 5.41) is 13.1. The van der Waals surface area contributed by atoms with Gasteiger partial charge in [-0.3, -0.25) is 4.68 Å². The molecule has 0 unspecified atom stereocenters. The van der Waals surface area contributed by atoms with Crippen molar-refractivity contribution in [2.24, 2.45) is 7.05 Å². The Kier molecular flexibility index (Phi) is 3.78. The van der Waals surface area contributed by atoms with Crippen LogP contribution in [0.25, 0.3) is 11.3 Å². The van der Waals surface area contributed by atoms with Gasteiger partial charge in [0.05, 0.1) is 5.69 Å². The van der Waals surface area contributed by atoms with Crippen molar-refractivity contribution in [3.05, 3.63) is 41.6 Å². The van der Waals surface area contributed by atoms with Crippen molar-refractivity contribution in [3.8, 4) is 11.3 Å². The van der Waals surface area contributed by atoms with Gasteiger partial charge in [-0.1, -0.05) is 37.5 Å². The summed E-state index contributed by atoms with van der Waals surface area (Å²) in [6, 6.07) is 10.1. The number of aromatic nitrogens is 2. The van der Waals surface area contributed by atoms with Gasteiger partial charge in [0.15, 0.2) is 5.69 Å². The third-order valence-corrected chi connectivity index (χ3v) is 4.36. The first-order chi connectivity index (χ1) is 10.1. The largest absolute Gasteiger partial charge is 0.476 e. The van der Waals surface area contributed by atoms with Gasteiger partial charge in [-0.05, 0) is 36.5 Å². The lowest BCUT2D eigenvalue weighted by molar-refractivity contribution is 0.0689. The summed E-state index contributed by atoms with van der Waals surface area (Å²) in [7, 11) is 1.79. The van der Waals surface area contributed by atoms with Crippen LogP contribution in [0.2, 0.25) is 0 Å². The third kappa shape index (κ3) is 2.84. The van der Waals surface area contributed by atoms with Crippen molar-refractivity contribution in [2.75, 3.05) is 0 Å². The fraction of sp³-hybridized carbons (Fsp3) is 0.412. The normalized spacial score (nSPS) is 16.0. The molecule has 1 heterocycles. The molecule has 110 valence electrons. The van der Waals surface area contributed by atoms with Crippen LogP contribution in [0.4, 0.5) is 0 Å². The van der Waals surface area contributed by atoms with E-state index in [1.54, 1.807) is 17.8 Å². The zero-order valence-corrected chi connectivity index (χ0v) is 12.2. The van der Waals surface area contributed by atoms with Gasteiger partial charge < -0.3 is 5.11 Å². The van der Waals surface area contributed by atoms with Crippen LogP contribution < -0.4 is 0 Å². The van der Waals surface area contributed by atoms with Crippen LogP contribution in [0.3, 0.4) is 0 Å². The number of nitrogens with zero attached hydrogens (tertiary/aromatic N) is 2. The maximum absolute atomic E-state index is 11.0. The number of aromatic carboxylic acids is 1. The Bertz CT molecular complexity index is 655. The Balaban J connectivity index is 1.93. The molecule has 0 aliphatic heterocycles. The maximum atomic E-state index is 11.0. The van der Waals surface area contributed by atoms with Gasteiger partial charge in [0, 0.05) is 12.6 Å². The van der Waals surface area contributed by atoms with E-state index in [1.165, 1.54) is 37.7 Å². The van der Waals surface area contributed by atoms with Gasteiger partial charge >= 0.3 is 5.97 Å². The second kappa shape index (κ2) is 5.72. The highest BCUT2D eigenvalue weighted by Gasteiger charge is 2.17. The average Bonchev–Trinajstić information content (AvgIpc) is 2.91. The van der Waals surface area contributed by atoms with E-state index < -0.39 is 5.97 Å². The summed E-state index contributed by atoms with van der Waals surface area (Å²) < 4.78 is 1.64. The molecule has 0 bridgehead atoms. The molecule has 1 aliphatic rings. The van der Waals surface area contributed by atoms with Gasteiger partial charge in [-0.25, -0.2) is 4.79 Å². The van der Waals surface area contributed by atoms with Gasteiger partial charge in [-0.2, -0.15) is 5.10 Å². The van der Waals surface area contributed by atoms with E-state index in [0.29, 0.717) is 5.92 Å². The van der Waals surface area contributed by atoms with Crippen LogP contribution in [0, 0.1) is 0 Å². The smallest absolute Gasteiger partial charge is 0.356 e. The predicted molar refractivity (Wildman–Crippen MR) is 81.4 cm³/mol. The molecule has 0 saturated heterocycles. The lowest BCUT2D eigenvalue weighted by Crippen LogP contribution is -2.04.